The van der Waals surface area contributed by atoms with E-state index in [1.54, 1.807) is 30.5 Å². The van der Waals surface area contributed by atoms with Crippen molar-refractivity contribution in [3.05, 3.63) is 167 Å². The van der Waals surface area contributed by atoms with Crippen LogP contribution in [-0.2, 0) is 21.7 Å². The number of phenols is 1. The minimum atomic E-state index is -3.39. The van der Waals surface area contributed by atoms with Gasteiger partial charge in [0.2, 0.25) is 0 Å². The topological polar surface area (TPSA) is 50.9 Å². The predicted molar refractivity (Wildman–Crippen MR) is 286 cm³/mol. The second-order valence-corrected chi connectivity index (χ2v) is 19.8. The predicted octanol–water partition coefficient (Wildman–Crippen LogP) is 17.5. The van der Waals surface area contributed by atoms with Crippen LogP contribution in [0.3, 0.4) is 0 Å². The standard InChI is InChI=1S/C63H71N3O/c1-14-62(12,15-2)51-24-21-25-52(63(13,16-3)17-4)57(51)44-30-33-54(41(5)36-44)66-55-26-20-23-49(58(55)65-59(66)50-22-18-19-27-56(50)67)45-37-46(39-48(38-45)61(9,10)11)53-40-43(34-35-64-53)42-28-31-47(32-29-42)60(6,7)8/h18-40,67H,14-17H2,1-13H3/i5D3,6D3,7D3,8D3. The van der Waals surface area contributed by atoms with Gasteiger partial charge in [-0.3, -0.25) is 9.55 Å². The van der Waals surface area contributed by atoms with Crippen molar-refractivity contribution in [3.63, 3.8) is 0 Å². The van der Waals surface area contributed by atoms with Crippen LogP contribution in [0, 0.1) is 6.85 Å². The Morgan fingerprint density at radius 2 is 1.18 bits per heavy atom. The van der Waals surface area contributed by atoms with Gasteiger partial charge in [0.05, 0.1) is 28.0 Å². The summed E-state index contributed by atoms with van der Waals surface area (Å²) in [6.07, 6.45) is 5.24. The second-order valence-electron chi connectivity index (χ2n) is 19.8. The Morgan fingerprint density at radius 3 is 1.81 bits per heavy atom. The highest BCUT2D eigenvalue weighted by atomic mass is 16.3. The Kier molecular flexibility index (Phi) is 9.21. The summed E-state index contributed by atoms with van der Waals surface area (Å²) in [5.74, 6) is 0.335. The average Bonchev–Trinajstić information content (AvgIpc) is 3.98. The molecule has 0 aliphatic carbocycles. The zero-order valence-corrected chi connectivity index (χ0v) is 40.4. The third kappa shape index (κ3) is 8.88. The minimum Gasteiger partial charge on any atom is -0.507 e. The van der Waals surface area contributed by atoms with Crippen molar-refractivity contribution in [2.75, 3.05) is 0 Å². The lowest BCUT2D eigenvalue weighted by Crippen LogP contribution is -2.25. The van der Waals surface area contributed by atoms with E-state index in [0.717, 1.165) is 59.1 Å². The van der Waals surface area contributed by atoms with Crippen LogP contribution in [0.15, 0.2) is 140 Å². The molecule has 0 saturated heterocycles. The minimum absolute atomic E-state index is 0.0215. The van der Waals surface area contributed by atoms with Crippen LogP contribution in [0.1, 0.15) is 153 Å². The van der Waals surface area contributed by atoms with Crippen LogP contribution < -0.4 is 0 Å². The molecule has 6 aromatic carbocycles. The molecule has 0 spiro atoms. The largest absolute Gasteiger partial charge is 0.507 e. The molecule has 0 atom stereocenters. The van der Waals surface area contributed by atoms with Gasteiger partial charge >= 0.3 is 0 Å². The normalized spacial score (nSPS) is 16.0. The zero-order valence-electron chi connectivity index (χ0n) is 52.4. The summed E-state index contributed by atoms with van der Waals surface area (Å²) in [6.45, 7) is 7.01. The van der Waals surface area contributed by atoms with Gasteiger partial charge in [0.1, 0.15) is 11.6 Å². The number of aromatic hydroxyl groups is 1. The summed E-state index contributed by atoms with van der Waals surface area (Å²) in [5.41, 5.74) is 7.37. The first-order valence-electron chi connectivity index (χ1n) is 29.6. The third-order valence-corrected chi connectivity index (χ3v) is 14.7. The number of phenolic OH excluding ortho intramolecular Hbond substituents is 1. The SMILES string of the molecule is [2H]C([2H])([2H])c1cc(-c2c(C(C)(CC)CC)cccc2C(C)(CC)CC)ccc1-n1c(-c2ccccc2O)nc2c(-c3cc(-c4cc(-c5ccc(C(C([2H])([2H])[2H])(C([2H])([2H])[2H])C([2H])([2H])[2H])cc5)ccn4)cc(C(C)(C)C)c3)cccc21. The Balaban J connectivity index is 1.34. The molecule has 0 aliphatic heterocycles. The maximum atomic E-state index is 11.6. The third-order valence-electron chi connectivity index (χ3n) is 14.7. The Bertz CT molecular complexity index is 3460. The van der Waals surface area contributed by atoms with Crippen LogP contribution in [-0.4, -0.2) is 19.6 Å². The molecule has 344 valence electrons. The molecule has 2 aromatic heterocycles. The zero-order chi connectivity index (χ0) is 58.1. The van der Waals surface area contributed by atoms with E-state index in [-0.39, 0.29) is 33.1 Å². The van der Waals surface area contributed by atoms with Crippen LogP contribution in [0.4, 0.5) is 0 Å². The highest BCUT2D eigenvalue weighted by molar-refractivity contribution is 5.97. The van der Waals surface area contributed by atoms with E-state index in [1.165, 1.54) is 35.4 Å². The number of nitrogens with zero attached hydrogens (tertiary/aromatic N) is 3. The number of pyridine rings is 1. The quantitative estimate of drug-likeness (QED) is 0.133. The maximum Gasteiger partial charge on any atom is 0.149 e. The van der Waals surface area contributed by atoms with Crippen molar-refractivity contribution in [1.29, 1.82) is 0 Å². The van der Waals surface area contributed by atoms with Gasteiger partial charge in [0.25, 0.3) is 0 Å². The molecular formula is C63H71N3O. The summed E-state index contributed by atoms with van der Waals surface area (Å²) in [7, 11) is 0. The lowest BCUT2D eigenvalue weighted by molar-refractivity contribution is 0.426. The number of fused-ring (bicyclic) bond motifs is 1. The van der Waals surface area contributed by atoms with Crippen molar-refractivity contribution >= 4 is 11.0 Å². The Hall–Kier alpha value is -6.26. The maximum absolute atomic E-state index is 11.6. The van der Waals surface area contributed by atoms with Crippen molar-refractivity contribution in [3.8, 4) is 67.5 Å². The van der Waals surface area contributed by atoms with E-state index < -0.39 is 32.8 Å². The van der Waals surface area contributed by atoms with Crippen LogP contribution >= 0.6 is 0 Å². The smallest absolute Gasteiger partial charge is 0.149 e. The first-order chi connectivity index (χ1) is 36.8. The summed E-state index contributed by atoms with van der Waals surface area (Å²) >= 11 is 0. The molecule has 8 rings (SSSR count). The van der Waals surface area contributed by atoms with Gasteiger partial charge in [-0.05, 0) is 164 Å². The van der Waals surface area contributed by atoms with Gasteiger partial charge in [-0.2, -0.15) is 0 Å². The van der Waals surface area contributed by atoms with Crippen molar-refractivity contribution in [2.24, 2.45) is 0 Å². The fraction of sp³-hybridized carbons (Fsp3) is 0.333. The summed E-state index contributed by atoms with van der Waals surface area (Å²) in [4.78, 5) is 10.2. The first-order valence-corrected chi connectivity index (χ1v) is 23.6. The Morgan fingerprint density at radius 1 is 0.552 bits per heavy atom. The van der Waals surface area contributed by atoms with Crippen LogP contribution in [0.25, 0.3) is 72.7 Å². The lowest BCUT2D eigenvalue weighted by Gasteiger charge is -2.36. The van der Waals surface area contributed by atoms with E-state index in [2.05, 4.69) is 92.6 Å². The Labute approximate surface area is 418 Å². The fourth-order valence-electron chi connectivity index (χ4n) is 9.48. The summed E-state index contributed by atoms with van der Waals surface area (Å²) < 4.78 is 103. The molecule has 2 heterocycles. The summed E-state index contributed by atoms with van der Waals surface area (Å²) in [5, 5.41) is 11.6. The molecule has 0 fully saturated rings. The molecule has 0 amide bonds. The number of hydrogen-bond acceptors (Lipinski definition) is 3. The first kappa shape index (κ1) is 34.1. The van der Waals surface area contributed by atoms with Crippen molar-refractivity contribution in [1.82, 2.24) is 14.5 Å². The van der Waals surface area contributed by atoms with Crippen LogP contribution in [0.5, 0.6) is 5.75 Å². The molecule has 67 heavy (non-hydrogen) atoms. The van der Waals surface area contributed by atoms with E-state index in [1.807, 2.05) is 59.2 Å². The number of imidazole rings is 1. The van der Waals surface area contributed by atoms with Crippen molar-refractivity contribution < 1.29 is 21.6 Å². The fourth-order valence-corrected chi connectivity index (χ4v) is 9.48. The van der Waals surface area contributed by atoms with E-state index >= 15 is 0 Å². The van der Waals surface area contributed by atoms with Crippen molar-refractivity contribution in [2.45, 2.75) is 137 Å². The number of rotatable bonds is 12. The highest BCUT2D eigenvalue weighted by Crippen LogP contribution is 2.47. The molecule has 0 aliphatic rings. The number of benzene rings is 6. The highest BCUT2D eigenvalue weighted by Gasteiger charge is 2.33. The number of aromatic nitrogens is 3. The molecule has 4 heteroatoms. The van der Waals surface area contributed by atoms with Gasteiger partial charge in [-0.15, -0.1) is 0 Å². The molecular weight excluding hydrogens is 815 g/mol. The number of para-hydroxylation sites is 2. The summed E-state index contributed by atoms with van der Waals surface area (Å²) in [6, 6.07) is 40.6. The second kappa shape index (κ2) is 18.1. The van der Waals surface area contributed by atoms with Gasteiger partial charge in [0.15, 0.2) is 0 Å². The molecule has 4 nitrogen and oxygen atoms in total. The van der Waals surface area contributed by atoms with Crippen LogP contribution in [0.2, 0.25) is 0 Å². The van der Waals surface area contributed by atoms with Gasteiger partial charge in [-0.1, -0.05) is 162 Å². The van der Waals surface area contributed by atoms with E-state index in [0.29, 0.717) is 44.9 Å². The van der Waals surface area contributed by atoms with Gasteiger partial charge in [-0.25, -0.2) is 4.98 Å². The average molecular weight is 898 g/mol. The molecule has 0 unspecified atom stereocenters. The molecule has 0 radical (unpaired) electrons. The number of hydrogen-bond donors (Lipinski definition) is 1. The van der Waals surface area contributed by atoms with E-state index in [4.69, 9.17) is 22.3 Å². The van der Waals surface area contributed by atoms with Gasteiger partial charge < -0.3 is 5.11 Å². The number of aryl methyl sites for hydroxylation is 1. The molecule has 1 N–H and O–H groups in total. The van der Waals surface area contributed by atoms with E-state index in [9.17, 15) is 9.22 Å². The molecule has 8 aromatic rings. The van der Waals surface area contributed by atoms with Gasteiger partial charge in [0, 0.05) is 33.8 Å². The molecule has 0 bridgehead atoms. The monoisotopic (exact) mass is 898 g/mol. The lowest BCUT2D eigenvalue weighted by atomic mass is 9.68. The molecule has 0 saturated carbocycles.